The van der Waals surface area contributed by atoms with Crippen molar-refractivity contribution >= 4 is 22.9 Å². The van der Waals surface area contributed by atoms with Crippen LogP contribution in [0.2, 0.25) is 0 Å². The standard InChI is InChI=1S/C21H16N4O/c26-19-13-7-4-10-16(19)14-22-25-21-17-11-5-6-12-18(17)23-20(24-21)15-8-2-1-3-9-15/h1-14,26H,(H,23,24,25)/b22-14-. The average Bonchev–Trinajstić information content (AvgIpc) is 2.70. The van der Waals surface area contributed by atoms with Crippen LogP contribution in [0.25, 0.3) is 22.3 Å². The van der Waals surface area contributed by atoms with Crippen molar-refractivity contribution in [1.29, 1.82) is 0 Å². The number of anilines is 1. The Balaban J connectivity index is 1.73. The van der Waals surface area contributed by atoms with Crippen LogP contribution in [0.4, 0.5) is 5.82 Å². The molecule has 126 valence electrons. The molecule has 5 nitrogen and oxygen atoms in total. The third kappa shape index (κ3) is 3.23. The first-order valence-electron chi connectivity index (χ1n) is 8.20. The Kier molecular flexibility index (Phi) is 4.26. The first kappa shape index (κ1) is 15.8. The number of hydrogen-bond donors (Lipinski definition) is 2. The number of hydrazone groups is 1. The number of aromatic hydroxyl groups is 1. The summed E-state index contributed by atoms with van der Waals surface area (Å²) in [6.45, 7) is 0. The van der Waals surface area contributed by atoms with Crippen molar-refractivity contribution in [3.8, 4) is 17.1 Å². The van der Waals surface area contributed by atoms with E-state index < -0.39 is 0 Å². The van der Waals surface area contributed by atoms with E-state index in [1.807, 2.05) is 60.7 Å². The van der Waals surface area contributed by atoms with Gasteiger partial charge in [-0.3, -0.25) is 5.43 Å². The van der Waals surface area contributed by atoms with E-state index in [1.165, 1.54) is 0 Å². The maximum absolute atomic E-state index is 9.83. The lowest BCUT2D eigenvalue weighted by Gasteiger charge is -2.08. The Bertz CT molecular complexity index is 1080. The highest BCUT2D eigenvalue weighted by Crippen LogP contribution is 2.24. The molecular weight excluding hydrogens is 324 g/mol. The summed E-state index contributed by atoms with van der Waals surface area (Å²) in [5.74, 6) is 1.42. The van der Waals surface area contributed by atoms with Crippen molar-refractivity contribution in [3.63, 3.8) is 0 Å². The third-order valence-corrected chi connectivity index (χ3v) is 3.95. The molecule has 2 N–H and O–H groups in total. The largest absolute Gasteiger partial charge is 0.507 e. The number of aromatic nitrogens is 2. The van der Waals surface area contributed by atoms with Gasteiger partial charge in [0.25, 0.3) is 0 Å². The van der Waals surface area contributed by atoms with Crippen LogP contribution in [-0.4, -0.2) is 21.3 Å². The molecule has 5 heteroatoms. The highest BCUT2D eigenvalue weighted by Gasteiger charge is 2.08. The van der Waals surface area contributed by atoms with Crippen molar-refractivity contribution in [2.45, 2.75) is 0 Å². The summed E-state index contributed by atoms with van der Waals surface area (Å²) < 4.78 is 0. The summed E-state index contributed by atoms with van der Waals surface area (Å²) in [4.78, 5) is 9.27. The van der Waals surface area contributed by atoms with Crippen LogP contribution in [0, 0.1) is 0 Å². The average molecular weight is 340 g/mol. The SMILES string of the molecule is Oc1ccccc1/C=N\Nc1nc(-c2ccccc2)nc2ccccc12. The molecule has 1 heterocycles. The normalized spacial score (nSPS) is 11.1. The third-order valence-electron chi connectivity index (χ3n) is 3.95. The van der Waals surface area contributed by atoms with Gasteiger partial charge in [0.15, 0.2) is 11.6 Å². The molecule has 4 rings (SSSR count). The van der Waals surface area contributed by atoms with Crippen LogP contribution in [0.1, 0.15) is 5.56 Å². The molecule has 0 aliphatic rings. The molecule has 0 atom stereocenters. The van der Waals surface area contributed by atoms with E-state index in [-0.39, 0.29) is 5.75 Å². The molecule has 0 amide bonds. The van der Waals surface area contributed by atoms with E-state index in [0.29, 0.717) is 17.2 Å². The van der Waals surface area contributed by atoms with Gasteiger partial charge in [0, 0.05) is 16.5 Å². The topological polar surface area (TPSA) is 70.4 Å². The fourth-order valence-corrected chi connectivity index (χ4v) is 2.64. The van der Waals surface area contributed by atoms with Gasteiger partial charge >= 0.3 is 0 Å². The lowest BCUT2D eigenvalue weighted by atomic mass is 10.2. The maximum atomic E-state index is 9.83. The predicted octanol–water partition coefficient (Wildman–Crippen LogP) is 4.45. The first-order valence-corrected chi connectivity index (χ1v) is 8.20. The molecule has 1 aromatic heterocycles. The molecule has 0 bridgehead atoms. The van der Waals surface area contributed by atoms with Crippen molar-refractivity contribution in [3.05, 3.63) is 84.4 Å². The van der Waals surface area contributed by atoms with Gasteiger partial charge in [-0.05, 0) is 24.3 Å². The Morgan fingerprint density at radius 1 is 0.808 bits per heavy atom. The van der Waals surface area contributed by atoms with Crippen LogP contribution in [0.5, 0.6) is 5.75 Å². The summed E-state index contributed by atoms with van der Waals surface area (Å²) in [7, 11) is 0. The molecule has 0 aliphatic carbocycles. The van der Waals surface area contributed by atoms with E-state index in [4.69, 9.17) is 0 Å². The van der Waals surface area contributed by atoms with E-state index in [2.05, 4.69) is 20.5 Å². The number of nitrogens with zero attached hydrogens (tertiary/aromatic N) is 3. The Labute approximate surface area is 150 Å². The zero-order valence-corrected chi connectivity index (χ0v) is 13.9. The van der Waals surface area contributed by atoms with Crippen molar-refractivity contribution in [2.24, 2.45) is 5.10 Å². The van der Waals surface area contributed by atoms with Gasteiger partial charge < -0.3 is 5.11 Å². The molecule has 4 aromatic rings. The minimum atomic E-state index is 0.176. The second kappa shape index (κ2) is 7.03. The first-order chi connectivity index (χ1) is 12.8. The number of para-hydroxylation sites is 2. The fourth-order valence-electron chi connectivity index (χ4n) is 2.64. The van der Waals surface area contributed by atoms with Gasteiger partial charge in [0.05, 0.1) is 11.7 Å². The van der Waals surface area contributed by atoms with Crippen LogP contribution < -0.4 is 5.43 Å². The number of nitrogens with one attached hydrogen (secondary N) is 1. The Morgan fingerprint density at radius 2 is 1.54 bits per heavy atom. The number of phenolic OH excluding ortho intramolecular Hbond substituents is 1. The van der Waals surface area contributed by atoms with Crippen LogP contribution in [0.15, 0.2) is 84.0 Å². The Hall–Kier alpha value is -3.73. The number of fused-ring (bicyclic) bond motifs is 1. The van der Waals surface area contributed by atoms with Crippen LogP contribution >= 0.6 is 0 Å². The molecular formula is C21H16N4O. The summed E-state index contributed by atoms with van der Waals surface area (Å²) in [5.41, 5.74) is 5.38. The molecule has 0 saturated carbocycles. The number of hydrogen-bond acceptors (Lipinski definition) is 5. The van der Waals surface area contributed by atoms with E-state index in [9.17, 15) is 5.11 Å². The zero-order chi connectivity index (χ0) is 17.8. The predicted molar refractivity (Wildman–Crippen MR) is 104 cm³/mol. The van der Waals surface area contributed by atoms with Crippen LogP contribution in [-0.2, 0) is 0 Å². The smallest absolute Gasteiger partial charge is 0.162 e. The number of rotatable bonds is 4. The maximum Gasteiger partial charge on any atom is 0.162 e. The van der Waals surface area contributed by atoms with Gasteiger partial charge in [-0.1, -0.05) is 54.6 Å². The second-order valence-electron chi connectivity index (χ2n) is 5.71. The van der Waals surface area contributed by atoms with Gasteiger partial charge in [0.2, 0.25) is 0 Å². The molecule has 3 aromatic carbocycles. The molecule has 0 aliphatic heterocycles. The second-order valence-corrected chi connectivity index (χ2v) is 5.71. The molecule has 0 fully saturated rings. The van der Waals surface area contributed by atoms with Gasteiger partial charge in [-0.15, -0.1) is 0 Å². The van der Waals surface area contributed by atoms with E-state index in [0.717, 1.165) is 16.5 Å². The highest BCUT2D eigenvalue weighted by atomic mass is 16.3. The molecule has 0 radical (unpaired) electrons. The van der Waals surface area contributed by atoms with Gasteiger partial charge in [0.1, 0.15) is 5.75 Å². The lowest BCUT2D eigenvalue weighted by Crippen LogP contribution is -1.99. The van der Waals surface area contributed by atoms with Crippen LogP contribution in [0.3, 0.4) is 0 Å². The number of phenols is 1. The summed E-state index contributed by atoms with van der Waals surface area (Å²) >= 11 is 0. The van der Waals surface area contributed by atoms with Crippen molar-refractivity contribution in [2.75, 3.05) is 5.43 Å². The minimum Gasteiger partial charge on any atom is -0.507 e. The van der Waals surface area contributed by atoms with Crippen molar-refractivity contribution < 1.29 is 5.11 Å². The minimum absolute atomic E-state index is 0.176. The lowest BCUT2D eigenvalue weighted by molar-refractivity contribution is 0.474. The number of benzene rings is 3. The van der Waals surface area contributed by atoms with E-state index >= 15 is 0 Å². The molecule has 26 heavy (non-hydrogen) atoms. The van der Waals surface area contributed by atoms with Crippen molar-refractivity contribution in [1.82, 2.24) is 9.97 Å². The van der Waals surface area contributed by atoms with Gasteiger partial charge in [-0.2, -0.15) is 5.10 Å². The fraction of sp³-hybridized carbons (Fsp3) is 0. The quantitative estimate of drug-likeness (QED) is 0.425. The summed E-state index contributed by atoms with van der Waals surface area (Å²) in [5, 5.41) is 14.9. The summed E-state index contributed by atoms with van der Waals surface area (Å²) in [6, 6.07) is 24.6. The Morgan fingerprint density at radius 3 is 2.38 bits per heavy atom. The van der Waals surface area contributed by atoms with E-state index in [1.54, 1.807) is 24.4 Å². The molecule has 0 saturated heterocycles. The summed E-state index contributed by atoms with van der Waals surface area (Å²) in [6.07, 6.45) is 1.56. The highest BCUT2D eigenvalue weighted by molar-refractivity contribution is 5.91. The molecule has 0 unspecified atom stereocenters. The molecule has 0 spiro atoms. The zero-order valence-electron chi connectivity index (χ0n) is 13.9. The van der Waals surface area contributed by atoms with Gasteiger partial charge in [-0.25, -0.2) is 9.97 Å². The monoisotopic (exact) mass is 340 g/mol.